The number of fused-ring (bicyclic) bond motifs is 2. The molecule has 2 aliphatic heterocycles. The zero-order valence-corrected chi connectivity index (χ0v) is 17.2. The lowest BCUT2D eigenvalue weighted by atomic mass is 9.79. The molecule has 4 rings (SSSR count). The molecule has 2 saturated carbocycles. The molecule has 23 heavy (non-hydrogen) atoms. The van der Waals surface area contributed by atoms with Crippen molar-refractivity contribution in [2.24, 2.45) is 0 Å². The van der Waals surface area contributed by atoms with Gasteiger partial charge in [-0.25, -0.2) is 0 Å². The smallest absolute Gasteiger partial charge is 0.0974 e. The molecule has 4 fully saturated rings. The Balaban J connectivity index is 0.000000190. The van der Waals surface area contributed by atoms with Gasteiger partial charge in [-0.05, 0) is 52.9 Å². The Kier molecular flexibility index (Phi) is 7.17. The van der Waals surface area contributed by atoms with Gasteiger partial charge in [0.05, 0.1) is 22.4 Å². The molecule has 0 aromatic heterocycles. The van der Waals surface area contributed by atoms with Crippen LogP contribution in [0.5, 0.6) is 0 Å². The van der Waals surface area contributed by atoms with Crippen molar-refractivity contribution in [1.82, 2.24) is 0 Å². The summed E-state index contributed by atoms with van der Waals surface area (Å²) in [6.07, 6.45) is 11.9. The van der Waals surface area contributed by atoms with Crippen LogP contribution in [0.2, 0.25) is 0 Å². The van der Waals surface area contributed by atoms with E-state index in [0.717, 1.165) is 0 Å². The van der Waals surface area contributed by atoms with E-state index in [9.17, 15) is 0 Å². The lowest BCUT2D eigenvalue weighted by Gasteiger charge is -2.20. The minimum atomic E-state index is 0.283. The molecular formula is C21H42O2. The van der Waals surface area contributed by atoms with Gasteiger partial charge in [0.2, 0.25) is 0 Å². The Labute approximate surface area is 145 Å². The summed E-state index contributed by atoms with van der Waals surface area (Å²) in [7, 11) is 0. The first kappa shape index (κ1) is 21.0. The second kappa shape index (κ2) is 7.87. The van der Waals surface area contributed by atoms with Crippen molar-refractivity contribution < 1.29 is 9.47 Å². The van der Waals surface area contributed by atoms with E-state index in [2.05, 4.69) is 27.7 Å². The van der Waals surface area contributed by atoms with Gasteiger partial charge in [0.1, 0.15) is 0 Å². The number of epoxide rings is 2. The Hall–Kier alpha value is -0.0800. The van der Waals surface area contributed by atoms with Crippen molar-refractivity contribution >= 4 is 0 Å². The van der Waals surface area contributed by atoms with Crippen molar-refractivity contribution in [2.45, 2.75) is 136 Å². The lowest BCUT2D eigenvalue weighted by molar-refractivity contribution is 0.265. The molecule has 0 aromatic carbocycles. The minimum absolute atomic E-state index is 0.283. The Morgan fingerprint density at radius 2 is 1.00 bits per heavy atom. The third-order valence-corrected chi connectivity index (χ3v) is 6.48. The van der Waals surface area contributed by atoms with Crippen LogP contribution < -0.4 is 0 Å². The second-order valence-electron chi connectivity index (χ2n) is 7.66. The van der Waals surface area contributed by atoms with E-state index in [1.807, 2.05) is 27.7 Å². The van der Waals surface area contributed by atoms with E-state index < -0.39 is 0 Å². The molecule has 4 aliphatic rings. The summed E-state index contributed by atoms with van der Waals surface area (Å²) in [5.74, 6) is 0. The van der Waals surface area contributed by atoms with E-state index in [1.165, 1.54) is 57.8 Å². The molecule has 2 heteroatoms. The highest BCUT2D eigenvalue weighted by molar-refractivity contribution is 5.14. The van der Waals surface area contributed by atoms with Gasteiger partial charge in [-0.15, -0.1) is 0 Å². The minimum Gasteiger partial charge on any atom is -0.363 e. The zero-order valence-electron chi connectivity index (χ0n) is 17.2. The maximum absolute atomic E-state index is 5.80. The highest BCUT2D eigenvalue weighted by atomic mass is 16.6. The van der Waals surface area contributed by atoms with Gasteiger partial charge < -0.3 is 9.47 Å². The monoisotopic (exact) mass is 326 g/mol. The van der Waals surface area contributed by atoms with Crippen LogP contribution >= 0.6 is 0 Å². The third-order valence-electron chi connectivity index (χ3n) is 6.48. The van der Waals surface area contributed by atoms with E-state index in [1.54, 1.807) is 0 Å². The fraction of sp³-hybridized carbons (Fsp3) is 1.00. The van der Waals surface area contributed by atoms with Crippen LogP contribution in [-0.4, -0.2) is 22.4 Å². The molecule has 2 aliphatic carbocycles. The van der Waals surface area contributed by atoms with Gasteiger partial charge in [-0.2, -0.15) is 0 Å². The highest BCUT2D eigenvalue weighted by Crippen LogP contribution is 2.59. The molecule has 4 atom stereocenters. The lowest BCUT2D eigenvalue weighted by Crippen LogP contribution is -2.26. The van der Waals surface area contributed by atoms with Gasteiger partial charge in [0.15, 0.2) is 0 Å². The highest BCUT2D eigenvalue weighted by Gasteiger charge is 2.65. The summed E-state index contributed by atoms with van der Waals surface area (Å²) in [6.45, 7) is 17.0. The van der Waals surface area contributed by atoms with Crippen LogP contribution in [0.1, 0.15) is 113 Å². The quantitative estimate of drug-likeness (QED) is 0.503. The molecule has 2 heterocycles. The normalized spacial score (nSPS) is 45.4. The third kappa shape index (κ3) is 3.95. The van der Waals surface area contributed by atoms with Crippen molar-refractivity contribution in [3.8, 4) is 0 Å². The molecule has 0 N–H and O–H groups in total. The Morgan fingerprint density at radius 1 is 0.609 bits per heavy atom. The number of hydrogen-bond donors (Lipinski definition) is 0. The molecule has 0 amide bonds. The summed E-state index contributed by atoms with van der Waals surface area (Å²) in [4.78, 5) is 0. The summed E-state index contributed by atoms with van der Waals surface area (Å²) >= 11 is 0. The van der Waals surface area contributed by atoms with Gasteiger partial charge in [-0.1, -0.05) is 60.3 Å². The SMILES string of the molecule is CC.CC.CC12CCCCC1(C)O2.CCC12CCCCC1(C)O2. The molecule has 2 saturated heterocycles. The maximum atomic E-state index is 5.80. The number of ether oxygens (including phenoxy) is 2. The van der Waals surface area contributed by atoms with Crippen LogP contribution in [-0.2, 0) is 9.47 Å². The van der Waals surface area contributed by atoms with Gasteiger partial charge in [0, 0.05) is 0 Å². The molecule has 2 nitrogen and oxygen atoms in total. The van der Waals surface area contributed by atoms with Crippen LogP contribution in [0.4, 0.5) is 0 Å². The van der Waals surface area contributed by atoms with E-state index >= 15 is 0 Å². The van der Waals surface area contributed by atoms with Crippen molar-refractivity contribution in [1.29, 1.82) is 0 Å². The standard InChI is InChI=1S/C9H16O.C8H14O.2C2H6/c1-3-9-7-5-4-6-8(9,2)10-9;1-7-5-3-4-6-8(7,2)9-7;2*1-2/h3-7H2,1-2H3;3-6H2,1-2H3;2*1-2H3. The summed E-state index contributed by atoms with van der Waals surface area (Å²) in [5.41, 5.74) is 1.18. The average molecular weight is 327 g/mol. The van der Waals surface area contributed by atoms with E-state index in [4.69, 9.17) is 9.47 Å². The predicted molar refractivity (Wildman–Crippen MR) is 100 cm³/mol. The van der Waals surface area contributed by atoms with Crippen molar-refractivity contribution in [2.75, 3.05) is 0 Å². The van der Waals surface area contributed by atoms with Crippen LogP contribution in [0, 0.1) is 0 Å². The fourth-order valence-corrected chi connectivity index (χ4v) is 4.52. The molecule has 0 spiro atoms. The second-order valence-corrected chi connectivity index (χ2v) is 7.66. The topological polar surface area (TPSA) is 25.1 Å². The molecule has 4 unspecified atom stereocenters. The first-order valence-electron chi connectivity index (χ1n) is 10.3. The molecular weight excluding hydrogens is 284 g/mol. The zero-order chi connectivity index (χ0) is 17.8. The van der Waals surface area contributed by atoms with Crippen LogP contribution in [0.25, 0.3) is 0 Å². The average Bonchev–Trinajstić information content (AvgIpc) is 3.40. The van der Waals surface area contributed by atoms with Crippen molar-refractivity contribution in [3.05, 3.63) is 0 Å². The van der Waals surface area contributed by atoms with Crippen LogP contribution in [0.15, 0.2) is 0 Å². The Bertz CT molecular complexity index is 341. The molecule has 0 bridgehead atoms. The van der Waals surface area contributed by atoms with Crippen molar-refractivity contribution in [3.63, 3.8) is 0 Å². The molecule has 0 radical (unpaired) electrons. The fourth-order valence-electron chi connectivity index (χ4n) is 4.52. The van der Waals surface area contributed by atoms with E-state index in [-0.39, 0.29) is 11.2 Å². The van der Waals surface area contributed by atoms with Gasteiger partial charge in [0.25, 0.3) is 0 Å². The molecule has 0 aromatic rings. The molecule has 138 valence electrons. The van der Waals surface area contributed by atoms with Crippen LogP contribution in [0.3, 0.4) is 0 Å². The largest absolute Gasteiger partial charge is 0.363 e. The maximum Gasteiger partial charge on any atom is 0.0974 e. The predicted octanol–water partition coefficient (Wildman–Crippen LogP) is 6.66. The summed E-state index contributed by atoms with van der Waals surface area (Å²) < 4.78 is 11.5. The van der Waals surface area contributed by atoms with E-state index in [0.29, 0.717) is 11.2 Å². The van der Waals surface area contributed by atoms with Gasteiger partial charge >= 0.3 is 0 Å². The van der Waals surface area contributed by atoms with Gasteiger partial charge in [-0.3, -0.25) is 0 Å². The summed E-state index contributed by atoms with van der Waals surface area (Å²) in [6, 6.07) is 0. The first-order valence-corrected chi connectivity index (χ1v) is 10.3. The first-order chi connectivity index (χ1) is 10.9. The Morgan fingerprint density at radius 3 is 1.30 bits per heavy atom. The number of rotatable bonds is 1. The number of hydrogen-bond acceptors (Lipinski definition) is 2. The summed E-state index contributed by atoms with van der Waals surface area (Å²) in [5, 5.41) is 0.